The van der Waals surface area contributed by atoms with Gasteiger partial charge in [0.05, 0.1) is 7.11 Å². The molecule has 1 aliphatic heterocycles. The summed E-state index contributed by atoms with van der Waals surface area (Å²) in [6.45, 7) is 3.06. The Morgan fingerprint density at radius 3 is 2.43 bits per heavy atom. The molecule has 0 bridgehead atoms. The second-order valence-electron chi connectivity index (χ2n) is 5.03. The lowest BCUT2D eigenvalue weighted by Crippen LogP contribution is -2.15. The molecule has 4 nitrogen and oxygen atoms in total. The molecular formula is C17H18O4. The van der Waals surface area contributed by atoms with E-state index in [9.17, 15) is 5.11 Å². The van der Waals surface area contributed by atoms with Crippen LogP contribution in [0.1, 0.15) is 22.8 Å². The van der Waals surface area contributed by atoms with Crippen molar-refractivity contribution in [2.75, 3.05) is 20.3 Å². The lowest BCUT2D eigenvalue weighted by molar-refractivity contribution is 0.169. The molecule has 0 fully saturated rings. The van der Waals surface area contributed by atoms with Gasteiger partial charge in [-0.25, -0.2) is 0 Å². The predicted molar refractivity (Wildman–Crippen MR) is 79.2 cm³/mol. The van der Waals surface area contributed by atoms with Crippen molar-refractivity contribution in [3.05, 3.63) is 53.1 Å². The van der Waals surface area contributed by atoms with Gasteiger partial charge in [0, 0.05) is 0 Å². The fourth-order valence-electron chi connectivity index (χ4n) is 2.43. The van der Waals surface area contributed by atoms with E-state index < -0.39 is 6.10 Å². The van der Waals surface area contributed by atoms with E-state index >= 15 is 0 Å². The van der Waals surface area contributed by atoms with E-state index in [4.69, 9.17) is 14.2 Å². The maximum atomic E-state index is 10.6. The van der Waals surface area contributed by atoms with Gasteiger partial charge < -0.3 is 19.3 Å². The van der Waals surface area contributed by atoms with Crippen molar-refractivity contribution in [2.45, 2.75) is 13.0 Å². The van der Waals surface area contributed by atoms with Crippen LogP contribution in [0.25, 0.3) is 0 Å². The Morgan fingerprint density at radius 1 is 1.00 bits per heavy atom. The first kappa shape index (κ1) is 13.8. The molecule has 0 aliphatic carbocycles. The van der Waals surface area contributed by atoms with Crippen LogP contribution in [0.2, 0.25) is 0 Å². The third-order valence-corrected chi connectivity index (χ3v) is 3.63. The fourth-order valence-corrected chi connectivity index (χ4v) is 2.43. The van der Waals surface area contributed by atoms with Crippen LogP contribution < -0.4 is 14.2 Å². The zero-order valence-electron chi connectivity index (χ0n) is 12.1. The van der Waals surface area contributed by atoms with Crippen molar-refractivity contribution in [3.8, 4) is 17.2 Å². The number of aryl methyl sites for hydroxylation is 1. The SMILES string of the molecule is COc1cc(C(O)c2ccc3c(c2)OCCO3)ccc1C. The molecule has 0 saturated carbocycles. The van der Waals surface area contributed by atoms with E-state index in [-0.39, 0.29) is 0 Å². The summed E-state index contributed by atoms with van der Waals surface area (Å²) in [7, 11) is 1.63. The zero-order chi connectivity index (χ0) is 14.8. The third-order valence-electron chi connectivity index (χ3n) is 3.63. The molecule has 1 aliphatic rings. The molecular weight excluding hydrogens is 268 g/mol. The Hall–Kier alpha value is -2.20. The maximum absolute atomic E-state index is 10.6. The van der Waals surface area contributed by atoms with E-state index in [0.717, 1.165) is 28.2 Å². The smallest absolute Gasteiger partial charge is 0.161 e. The van der Waals surface area contributed by atoms with Gasteiger partial charge in [-0.2, -0.15) is 0 Å². The number of ether oxygens (including phenoxy) is 3. The van der Waals surface area contributed by atoms with Crippen LogP contribution in [-0.4, -0.2) is 25.4 Å². The minimum Gasteiger partial charge on any atom is -0.496 e. The Bertz CT molecular complexity index is 651. The minimum absolute atomic E-state index is 0.533. The molecule has 1 heterocycles. The molecule has 21 heavy (non-hydrogen) atoms. The summed E-state index contributed by atoms with van der Waals surface area (Å²) in [6, 6.07) is 11.2. The first-order valence-electron chi connectivity index (χ1n) is 6.91. The van der Waals surface area contributed by atoms with Gasteiger partial charge in [0.15, 0.2) is 11.5 Å². The van der Waals surface area contributed by atoms with Crippen LogP contribution >= 0.6 is 0 Å². The van der Waals surface area contributed by atoms with Crippen molar-refractivity contribution in [3.63, 3.8) is 0 Å². The molecule has 2 aromatic rings. The molecule has 0 saturated heterocycles. The normalized spacial score (nSPS) is 14.6. The Labute approximate surface area is 123 Å². The second-order valence-corrected chi connectivity index (χ2v) is 5.03. The number of rotatable bonds is 3. The summed E-state index contributed by atoms with van der Waals surface area (Å²) in [5.41, 5.74) is 2.59. The highest BCUT2D eigenvalue weighted by molar-refractivity contribution is 5.47. The largest absolute Gasteiger partial charge is 0.496 e. The summed E-state index contributed by atoms with van der Waals surface area (Å²) < 4.78 is 16.3. The lowest BCUT2D eigenvalue weighted by Gasteiger charge is -2.20. The number of methoxy groups -OCH3 is 1. The average Bonchev–Trinajstić information content (AvgIpc) is 2.54. The van der Waals surface area contributed by atoms with Crippen molar-refractivity contribution >= 4 is 0 Å². The second kappa shape index (κ2) is 5.66. The molecule has 0 spiro atoms. The molecule has 1 unspecified atom stereocenters. The number of fused-ring (bicyclic) bond motifs is 1. The van der Waals surface area contributed by atoms with E-state index in [0.29, 0.717) is 19.0 Å². The molecule has 1 atom stereocenters. The number of hydrogen-bond donors (Lipinski definition) is 1. The molecule has 0 radical (unpaired) electrons. The monoisotopic (exact) mass is 286 g/mol. The van der Waals surface area contributed by atoms with Crippen LogP contribution in [0.3, 0.4) is 0 Å². The number of aliphatic hydroxyl groups is 1. The first-order chi connectivity index (χ1) is 10.2. The lowest BCUT2D eigenvalue weighted by atomic mass is 9.99. The van der Waals surface area contributed by atoms with Gasteiger partial charge in [-0.3, -0.25) is 0 Å². The van der Waals surface area contributed by atoms with Crippen molar-refractivity contribution in [2.24, 2.45) is 0 Å². The van der Waals surface area contributed by atoms with Crippen molar-refractivity contribution in [1.82, 2.24) is 0 Å². The van der Waals surface area contributed by atoms with Crippen LogP contribution in [0.15, 0.2) is 36.4 Å². The van der Waals surface area contributed by atoms with E-state index in [2.05, 4.69) is 0 Å². The van der Waals surface area contributed by atoms with Crippen molar-refractivity contribution in [1.29, 1.82) is 0 Å². The maximum Gasteiger partial charge on any atom is 0.161 e. The summed E-state index contributed by atoms with van der Waals surface area (Å²) in [4.78, 5) is 0. The van der Waals surface area contributed by atoms with Crippen LogP contribution in [0.4, 0.5) is 0 Å². The first-order valence-corrected chi connectivity index (χ1v) is 6.91. The highest BCUT2D eigenvalue weighted by atomic mass is 16.6. The van der Waals surface area contributed by atoms with Crippen LogP contribution in [-0.2, 0) is 0 Å². The summed E-state index contributed by atoms with van der Waals surface area (Å²) in [5, 5.41) is 10.6. The van der Waals surface area contributed by atoms with Crippen LogP contribution in [0.5, 0.6) is 17.2 Å². The Kier molecular flexibility index (Phi) is 3.71. The molecule has 1 N–H and O–H groups in total. The van der Waals surface area contributed by atoms with E-state index in [1.807, 2.05) is 43.3 Å². The van der Waals surface area contributed by atoms with Crippen molar-refractivity contribution < 1.29 is 19.3 Å². The van der Waals surface area contributed by atoms with Gasteiger partial charge in [-0.15, -0.1) is 0 Å². The van der Waals surface area contributed by atoms with Gasteiger partial charge in [0.1, 0.15) is 25.1 Å². The summed E-state index contributed by atoms with van der Waals surface area (Å²) in [5.74, 6) is 2.17. The summed E-state index contributed by atoms with van der Waals surface area (Å²) in [6.07, 6.45) is -0.727. The van der Waals surface area contributed by atoms with E-state index in [1.165, 1.54) is 0 Å². The van der Waals surface area contributed by atoms with Crippen LogP contribution in [0, 0.1) is 6.92 Å². The molecule has 4 heteroatoms. The highest BCUT2D eigenvalue weighted by Crippen LogP contribution is 2.35. The van der Waals surface area contributed by atoms with Gasteiger partial charge in [-0.1, -0.05) is 18.2 Å². The number of benzene rings is 2. The highest BCUT2D eigenvalue weighted by Gasteiger charge is 2.17. The van der Waals surface area contributed by atoms with Gasteiger partial charge in [0.25, 0.3) is 0 Å². The predicted octanol–water partition coefficient (Wildman–Crippen LogP) is 2.86. The topological polar surface area (TPSA) is 47.9 Å². The molecule has 2 aromatic carbocycles. The Morgan fingerprint density at radius 2 is 1.67 bits per heavy atom. The zero-order valence-corrected chi connectivity index (χ0v) is 12.1. The quantitative estimate of drug-likeness (QED) is 0.942. The molecule has 3 rings (SSSR count). The average molecular weight is 286 g/mol. The summed E-state index contributed by atoms with van der Waals surface area (Å²) >= 11 is 0. The third kappa shape index (κ3) is 2.67. The minimum atomic E-state index is -0.727. The van der Waals surface area contributed by atoms with Gasteiger partial charge in [-0.05, 0) is 41.8 Å². The van der Waals surface area contributed by atoms with Gasteiger partial charge >= 0.3 is 0 Å². The van der Waals surface area contributed by atoms with E-state index in [1.54, 1.807) is 7.11 Å². The molecule has 110 valence electrons. The standard InChI is InChI=1S/C17H18O4/c1-11-3-4-12(9-15(11)19-2)17(18)13-5-6-14-16(10-13)21-8-7-20-14/h3-6,9-10,17-18H,7-8H2,1-2H3. The molecule has 0 aromatic heterocycles. The Balaban J connectivity index is 1.92. The number of hydrogen-bond acceptors (Lipinski definition) is 4. The fraction of sp³-hybridized carbons (Fsp3) is 0.294. The number of aliphatic hydroxyl groups excluding tert-OH is 1. The van der Waals surface area contributed by atoms with Gasteiger partial charge in [0.2, 0.25) is 0 Å². The molecule has 0 amide bonds.